The SMILES string of the molecule is Cc1nc(-c2cc(F)cc(Cl)c2)n(CCO)n1. The third kappa shape index (κ3) is 2.62. The Morgan fingerprint density at radius 3 is 2.82 bits per heavy atom. The second-order valence-electron chi connectivity index (χ2n) is 3.59. The lowest BCUT2D eigenvalue weighted by Crippen LogP contribution is -2.06. The second kappa shape index (κ2) is 4.81. The van der Waals surface area contributed by atoms with Gasteiger partial charge in [-0.05, 0) is 25.1 Å². The van der Waals surface area contributed by atoms with E-state index in [-0.39, 0.29) is 6.61 Å². The summed E-state index contributed by atoms with van der Waals surface area (Å²) in [5.41, 5.74) is 0.545. The van der Waals surface area contributed by atoms with Crippen LogP contribution in [0.5, 0.6) is 0 Å². The number of benzene rings is 1. The van der Waals surface area contributed by atoms with Crippen LogP contribution < -0.4 is 0 Å². The van der Waals surface area contributed by atoms with Gasteiger partial charge in [0, 0.05) is 10.6 Å². The molecular weight excluding hydrogens is 245 g/mol. The number of halogens is 2. The zero-order valence-electron chi connectivity index (χ0n) is 9.19. The molecule has 0 aliphatic rings. The van der Waals surface area contributed by atoms with Crippen LogP contribution in [0.4, 0.5) is 4.39 Å². The highest BCUT2D eigenvalue weighted by Crippen LogP contribution is 2.23. The van der Waals surface area contributed by atoms with Gasteiger partial charge in [0.25, 0.3) is 0 Å². The van der Waals surface area contributed by atoms with Crippen LogP contribution in [0.25, 0.3) is 11.4 Å². The molecule has 0 saturated carbocycles. The van der Waals surface area contributed by atoms with E-state index in [4.69, 9.17) is 16.7 Å². The van der Waals surface area contributed by atoms with Crippen molar-refractivity contribution in [3.05, 3.63) is 34.9 Å². The molecule has 0 amide bonds. The Kier molecular flexibility index (Phi) is 3.40. The first-order valence-electron chi connectivity index (χ1n) is 5.09. The highest BCUT2D eigenvalue weighted by atomic mass is 35.5. The number of hydrogen-bond acceptors (Lipinski definition) is 3. The van der Waals surface area contributed by atoms with Crippen molar-refractivity contribution in [3.8, 4) is 11.4 Å². The highest BCUT2D eigenvalue weighted by molar-refractivity contribution is 6.30. The molecule has 0 spiro atoms. The van der Waals surface area contributed by atoms with Gasteiger partial charge < -0.3 is 5.11 Å². The van der Waals surface area contributed by atoms with Crippen molar-refractivity contribution in [2.45, 2.75) is 13.5 Å². The zero-order valence-corrected chi connectivity index (χ0v) is 9.95. The molecule has 0 bridgehead atoms. The van der Waals surface area contributed by atoms with Crippen LogP contribution >= 0.6 is 11.6 Å². The maximum Gasteiger partial charge on any atom is 0.158 e. The van der Waals surface area contributed by atoms with Crippen LogP contribution in [0.15, 0.2) is 18.2 Å². The first kappa shape index (κ1) is 12.0. The van der Waals surface area contributed by atoms with E-state index in [0.717, 1.165) is 0 Å². The van der Waals surface area contributed by atoms with Gasteiger partial charge in [0.05, 0.1) is 13.2 Å². The Morgan fingerprint density at radius 1 is 1.41 bits per heavy atom. The summed E-state index contributed by atoms with van der Waals surface area (Å²) in [6.07, 6.45) is 0. The number of nitrogens with zero attached hydrogens (tertiary/aromatic N) is 3. The maximum absolute atomic E-state index is 13.2. The van der Waals surface area contributed by atoms with Gasteiger partial charge in [-0.25, -0.2) is 14.1 Å². The molecule has 0 fully saturated rings. The molecule has 0 atom stereocenters. The van der Waals surface area contributed by atoms with Gasteiger partial charge in [-0.15, -0.1) is 0 Å². The number of aliphatic hydroxyl groups is 1. The van der Waals surface area contributed by atoms with Gasteiger partial charge in [0.2, 0.25) is 0 Å². The van der Waals surface area contributed by atoms with Crippen LogP contribution in [0.1, 0.15) is 5.82 Å². The molecule has 0 aliphatic carbocycles. The van der Waals surface area contributed by atoms with E-state index in [2.05, 4.69) is 10.1 Å². The third-order valence-corrected chi connectivity index (χ3v) is 2.43. The summed E-state index contributed by atoms with van der Waals surface area (Å²) in [7, 11) is 0. The normalized spacial score (nSPS) is 10.8. The number of aryl methyl sites for hydroxylation is 1. The van der Waals surface area contributed by atoms with E-state index in [1.54, 1.807) is 13.0 Å². The van der Waals surface area contributed by atoms with Crippen molar-refractivity contribution >= 4 is 11.6 Å². The maximum atomic E-state index is 13.2. The standard InChI is InChI=1S/C11H11ClFN3O/c1-7-14-11(16(15-7)2-3-17)8-4-9(12)6-10(13)5-8/h4-6,17H,2-3H2,1H3. The predicted molar refractivity (Wildman–Crippen MR) is 62.2 cm³/mol. The first-order chi connectivity index (χ1) is 8.10. The second-order valence-corrected chi connectivity index (χ2v) is 4.02. The predicted octanol–water partition coefficient (Wildman–Crippen LogP) is 2.04. The number of aliphatic hydroxyl groups excluding tert-OH is 1. The molecule has 1 heterocycles. The lowest BCUT2D eigenvalue weighted by atomic mass is 10.2. The number of aromatic nitrogens is 3. The summed E-state index contributed by atoms with van der Waals surface area (Å²) >= 11 is 5.79. The average Bonchev–Trinajstić information content (AvgIpc) is 2.58. The van der Waals surface area contributed by atoms with Crippen molar-refractivity contribution in [2.75, 3.05) is 6.61 Å². The van der Waals surface area contributed by atoms with Crippen LogP contribution in [0, 0.1) is 12.7 Å². The average molecular weight is 256 g/mol. The number of rotatable bonds is 3. The summed E-state index contributed by atoms with van der Waals surface area (Å²) in [6.45, 7) is 1.99. The van der Waals surface area contributed by atoms with Gasteiger partial charge in [-0.1, -0.05) is 11.6 Å². The van der Waals surface area contributed by atoms with Gasteiger partial charge in [0.15, 0.2) is 5.82 Å². The van der Waals surface area contributed by atoms with E-state index < -0.39 is 5.82 Å². The summed E-state index contributed by atoms with van der Waals surface area (Å²) in [5.74, 6) is 0.635. The van der Waals surface area contributed by atoms with Crippen molar-refractivity contribution in [1.82, 2.24) is 14.8 Å². The molecule has 1 N–H and O–H groups in total. The molecule has 2 rings (SSSR count). The van der Waals surface area contributed by atoms with Crippen LogP contribution in [-0.2, 0) is 6.54 Å². The smallest absolute Gasteiger partial charge is 0.158 e. The summed E-state index contributed by atoms with van der Waals surface area (Å²) < 4.78 is 14.8. The van der Waals surface area contributed by atoms with Gasteiger partial charge in [0.1, 0.15) is 11.6 Å². The molecular formula is C11H11ClFN3O. The lowest BCUT2D eigenvalue weighted by molar-refractivity contribution is 0.270. The van der Waals surface area contributed by atoms with Crippen molar-refractivity contribution in [1.29, 1.82) is 0 Å². The molecule has 6 heteroatoms. The molecule has 0 radical (unpaired) electrons. The summed E-state index contributed by atoms with van der Waals surface area (Å²) in [6, 6.07) is 4.18. The van der Waals surface area contributed by atoms with Gasteiger partial charge >= 0.3 is 0 Å². The first-order valence-corrected chi connectivity index (χ1v) is 5.46. The van der Waals surface area contributed by atoms with E-state index in [9.17, 15) is 4.39 Å². The fourth-order valence-electron chi connectivity index (χ4n) is 1.60. The van der Waals surface area contributed by atoms with E-state index in [1.165, 1.54) is 16.8 Å². The Balaban J connectivity index is 2.51. The molecule has 2 aromatic rings. The number of hydrogen-bond donors (Lipinski definition) is 1. The molecule has 0 saturated heterocycles. The lowest BCUT2D eigenvalue weighted by Gasteiger charge is -2.04. The highest BCUT2D eigenvalue weighted by Gasteiger charge is 2.11. The largest absolute Gasteiger partial charge is 0.394 e. The minimum Gasteiger partial charge on any atom is -0.394 e. The Hall–Kier alpha value is -1.46. The third-order valence-electron chi connectivity index (χ3n) is 2.21. The van der Waals surface area contributed by atoms with Crippen LogP contribution in [-0.4, -0.2) is 26.5 Å². The van der Waals surface area contributed by atoms with E-state index in [1.807, 2.05) is 0 Å². The molecule has 0 aliphatic heterocycles. The molecule has 1 aromatic heterocycles. The fraction of sp³-hybridized carbons (Fsp3) is 0.273. The monoisotopic (exact) mass is 255 g/mol. The molecule has 1 aromatic carbocycles. The Labute approximate surface area is 103 Å². The Morgan fingerprint density at radius 2 is 2.18 bits per heavy atom. The van der Waals surface area contributed by atoms with Gasteiger partial charge in [-0.3, -0.25) is 0 Å². The minimum atomic E-state index is -0.427. The van der Waals surface area contributed by atoms with E-state index >= 15 is 0 Å². The summed E-state index contributed by atoms with van der Waals surface area (Å²) in [4.78, 5) is 4.20. The zero-order chi connectivity index (χ0) is 12.4. The van der Waals surface area contributed by atoms with Gasteiger partial charge in [-0.2, -0.15) is 5.10 Å². The van der Waals surface area contributed by atoms with Crippen LogP contribution in [0.2, 0.25) is 5.02 Å². The van der Waals surface area contributed by atoms with Crippen molar-refractivity contribution in [3.63, 3.8) is 0 Å². The quantitative estimate of drug-likeness (QED) is 0.913. The van der Waals surface area contributed by atoms with Crippen molar-refractivity contribution in [2.24, 2.45) is 0 Å². The fourth-order valence-corrected chi connectivity index (χ4v) is 1.82. The van der Waals surface area contributed by atoms with E-state index in [0.29, 0.717) is 28.8 Å². The Bertz CT molecular complexity index is 521. The van der Waals surface area contributed by atoms with Crippen molar-refractivity contribution < 1.29 is 9.50 Å². The topological polar surface area (TPSA) is 50.9 Å². The van der Waals surface area contributed by atoms with Crippen LogP contribution in [0.3, 0.4) is 0 Å². The molecule has 90 valence electrons. The summed E-state index contributed by atoms with van der Waals surface area (Å²) in [5, 5.41) is 13.3. The minimum absolute atomic E-state index is 0.0567. The molecule has 17 heavy (non-hydrogen) atoms. The molecule has 4 nitrogen and oxygen atoms in total. The molecule has 0 unspecified atom stereocenters.